The molecular formula is C6H6BrNO. The average Bonchev–Trinajstić information content (AvgIpc) is 1.80. The molecule has 0 spiro atoms. The number of hydrogen-bond acceptors (Lipinski definition) is 1. The van der Waals surface area contributed by atoms with Crippen molar-refractivity contribution in [2.45, 2.75) is 11.8 Å². The molecule has 0 aromatic rings. The Labute approximate surface area is 61.8 Å². The summed E-state index contributed by atoms with van der Waals surface area (Å²) in [5, 5.41) is 0. The molecule has 1 aliphatic rings. The number of amides is 1. The van der Waals surface area contributed by atoms with Crippen LogP contribution < -0.4 is 0 Å². The number of rotatable bonds is 0. The molecule has 0 aromatic heterocycles. The molecule has 0 aromatic carbocycles. The van der Waals surface area contributed by atoms with Crippen molar-refractivity contribution in [2.75, 3.05) is 0 Å². The number of dihydropyridines is 1. The van der Waals surface area contributed by atoms with Gasteiger partial charge >= 0.3 is 0 Å². The van der Waals surface area contributed by atoms with Gasteiger partial charge in [0, 0.05) is 5.71 Å². The van der Waals surface area contributed by atoms with Crippen LogP contribution in [0.5, 0.6) is 0 Å². The van der Waals surface area contributed by atoms with Crippen LogP contribution in [0.2, 0.25) is 0 Å². The molecule has 0 fully saturated rings. The normalized spacial score (nSPS) is 26.2. The van der Waals surface area contributed by atoms with E-state index >= 15 is 0 Å². The van der Waals surface area contributed by atoms with Crippen molar-refractivity contribution in [2.24, 2.45) is 4.99 Å². The highest BCUT2D eigenvalue weighted by Crippen LogP contribution is 2.08. The number of hydrogen-bond donors (Lipinski definition) is 0. The Morgan fingerprint density at radius 1 is 1.78 bits per heavy atom. The molecule has 1 rings (SSSR count). The van der Waals surface area contributed by atoms with E-state index in [1.807, 2.05) is 6.08 Å². The summed E-state index contributed by atoms with van der Waals surface area (Å²) < 4.78 is 0. The molecule has 0 aliphatic carbocycles. The highest BCUT2D eigenvalue weighted by atomic mass is 79.9. The Kier molecular flexibility index (Phi) is 1.81. The predicted octanol–water partition coefficient (Wildman–Crippen LogP) is 1.31. The van der Waals surface area contributed by atoms with Gasteiger partial charge in [0.05, 0.1) is 0 Å². The van der Waals surface area contributed by atoms with Gasteiger partial charge in [-0.3, -0.25) is 4.79 Å². The second-order valence-electron chi connectivity index (χ2n) is 1.85. The first-order valence-electron chi connectivity index (χ1n) is 2.61. The maximum absolute atomic E-state index is 10.7. The van der Waals surface area contributed by atoms with Crippen LogP contribution in [0, 0.1) is 0 Å². The first kappa shape index (κ1) is 6.68. The number of allylic oxidation sites excluding steroid dienone is 1. The summed E-state index contributed by atoms with van der Waals surface area (Å²) in [5.41, 5.74) is 0.774. The largest absolute Gasteiger partial charge is 0.271 e. The summed E-state index contributed by atoms with van der Waals surface area (Å²) in [6.07, 6.45) is 3.60. The summed E-state index contributed by atoms with van der Waals surface area (Å²) >= 11 is 3.14. The van der Waals surface area contributed by atoms with E-state index in [9.17, 15) is 4.79 Å². The van der Waals surface area contributed by atoms with Crippen LogP contribution in [0.25, 0.3) is 0 Å². The summed E-state index contributed by atoms with van der Waals surface area (Å²) in [5.74, 6) is -0.116. The molecule has 0 saturated carbocycles. The molecular weight excluding hydrogens is 182 g/mol. The minimum absolute atomic E-state index is 0.116. The fraction of sp³-hybridized carbons (Fsp3) is 0.333. The van der Waals surface area contributed by atoms with E-state index in [0.29, 0.717) is 0 Å². The van der Waals surface area contributed by atoms with Crippen molar-refractivity contribution in [3.63, 3.8) is 0 Å². The Balaban J connectivity index is 2.82. The third-order valence-electron chi connectivity index (χ3n) is 1.03. The molecule has 2 nitrogen and oxygen atoms in total. The number of carbonyl (C=O) groups is 1. The topological polar surface area (TPSA) is 29.4 Å². The molecule has 1 aliphatic heterocycles. The number of nitrogens with zero attached hydrogens (tertiary/aromatic N) is 1. The molecule has 1 unspecified atom stereocenters. The van der Waals surface area contributed by atoms with E-state index in [1.54, 1.807) is 13.0 Å². The third-order valence-corrected chi connectivity index (χ3v) is 1.73. The van der Waals surface area contributed by atoms with E-state index in [-0.39, 0.29) is 10.7 Å². The summed E-state index contributed by atoms with van der Waals surface area (Å²) in [6.45, 7) is 1.80. The molecule has 0 saturated heterocycles. The van der Waals surface area contributed by atoms with Crippen LogP contribution in [-0.2, 0) is 4.79 Å². The van der Waals surface area contributed by atoms with Crippen LogP contribution in [0.4, 0.5) is 0 Å². The van der Waals surface area contributed by atoms with Crippen molar-refractivity contribution in [3.8, 4) is 0 Å². The van der Waals surface area contributed by atoms with Crippen LogP contribution in [0.3, 0.4) is 0 Å². The van der Waals surface area contributed by atoms with Crippen LogP contribution in [-0.4, -0.2) is 16.4 Å². The van der Waals surface area contributed by atoms with Gasteiger partial charge in [-0.1, -0.05) is 22.0 Å². The quantitative estimate of drug-likeness (QED) is 0.527. The Morgan fingerprint density at radius 3 is 2.89 bits per heavy atom. The summed E-state index contributed by atoms with van der Waals surface area (Å²) in [6, 6.07) is 0. The van der Waals surface area contributed by atoms with E-state index in [0.717, 1.165) is 5.71 Å². The molecule has 3 heteroatoms. The molecule has 0 radical (unpaired) electrons. The molecule has 1 amide bonds. The molecule has 48 valence electrons. The second kappa shape index (κ2) is 2.43. The molecule has 1 heterocycles. The molecule has 9 heavy (non-hydrogen) atoms. The maximum atomic E-state index is 10.7. The zero-order chi connectivity index (χ0) is 6.85. The lowest BCUT2D eigenvalue weighted by atomic mass is 10.2. The monoisotopic (exact) mass is 187 g/mol. The first-order chi connectivity index (χ1) is 4.20. The van der Waals surface area contributed by atoms with Gasteiger partial charge in [0.15, 0.2) is 0 Å². The van der Waals surface area contributed by atoms with Crippen molar-refractivity contribution >= 4 is 27.5 Å². The van der Waals surface area contributed by atoms with Gasteiger partial charge in [-0.25, -0.2) is 4.99 Å². The Morgan fingerprint density at radius 2 is 2.44 bits per heavy atom. The lowest BCUT2D eigenvalue weighted by molar-refractivity contribution is -0.116. The SMILES string of the molecule is CC1=NC(=O)C(Br)C=C1. The van der Waals surface area contributed by atoms with Crippen LogP contribution in [0.1, 0.15) is 6.92 Å². The van der Waals surface area contributed by atoms with Gasteiger partial charge in [0.1, 0.15) is 4.83 Å². The fourth-order valence-corrected chi connectivity index (χ4v) is 0.834. The second-order valence-corrected chi connectivity index (χ2v) is 2.84. The van der Waals surface area contributed by atoms with Gasteiger partial charge in [-0.15, -0.1) is 0 Å². The van der Waals surface area contributed by atoms with Crippen molar-refractivity contribution in [1.82, 2.24) is 0 Å². The molecule has 1 atom stereocenters. The highest BCUT2D eigenvalue weighted by molar-refractivity contribution is 9.10. The van der Waals surface area contributed by atoms with Gasteiger partial charge < -0.3 is 0 Å². The van der Waals surface area contributed by atoms with Gasteiger partial charge in [0.25, 0.3) is 5.91 Å². The fourth-order valence-electron chi connectivity index (χ4n) is 0.579. The predicted molar refractivity (Wildman–Crippen MR) is 40.0 cm³/mol. The van der Waals surface area contributed by atoms with E-state index in [4.69, 9.17) is 0 Å². The number of aliphatic imine (C=N–C) groups is 1. The number of halogens is 1. The summed E-state index contributed by atoms with van der Waals surface area (Å²) in [4.78, 5) is 14.2. The zero-order valence-corrected chi connectivity index (χ0v) is 6.55. The van der Waals surface area contributed by atoms with E-state index < -0.39 is 0 Å². The Bertz CT molecular complexity index is 195. The van der Waals surface area contributed by atoms with Crippen molar-refractivity contribution in [1.29, 1.82) is 0 Å². The minimum atomic E-state index is -0.207. The van der Waals surface area contributed by atoms with E-state index in [2.05, 4.69) is 20.9 Å². The molecule has 0 bridgehead atoms. The van der Waals surface area contributed by atoms with Crippen molar-refractivity contribution < 1.29 is 4.79 Å². The lowest BCUT2D eigenvalue weighted by Gasteiger charge is -2.03. The van der Waals surface area contributed by atoms with E-state index in [1.165, 1.54) is 0 Å². The van der Waals surface area contributed by atoms with Crippen LogP contribution >= 0.6 is 15.9 Å². The van der Waals surface area contributed by atoms with Crippen LogP contribution in [0.15, 0.2) is 17.1 Å². The smallest absolute Gasteiger partial charge is 0.263 e. The van der Waals surface area contributed by atoms with Gasteiger partial charge in [-0.2, -0.15) is 0 Å². The third kappa shape index (κ3) is 1.48. The standard InChI is InChI=1S/C6H6BrNO/c1-4-2-3-5(7)6(9)8-4/h2-3,5H,1H3. The minimum Gasteiger partial charge on any atom is -0.271 e. The lowest BCUT2D eigenvalue weighted by Crippen LogP contribution is -2.13. The average molecular weight is 188 g/mol. The van der Waals surface area contributed by atoms with Gasteiger partial charge in [-0.05, 0) is 13.0 Å². The highest BCUT2D eigenvalue weighted by Gasteiger charge is 2.12. The van der Waals surface area contributed by atoms with Gasteiger partial charge in [0.2, 0.25) is 0 Å². The number of alkyl halides is 1. The van der Waals surface area contributed by atoms with Crippen molar-refractivity contribution in [3.05, 3.63) is 12.2 Å². The Hall–Kier alpha value is -0.440. The zero-order valence-electron chi connectivity index (χ0n) is 4.97. The summed E-state index contributed by atoms with van der Waals surface area (Å²) in [7, 11) is 0. The maximum Gasteiger partial charge on any atom is 0.263 e. The first-order valence-corrected chi connectivity index (χ1v) is 3.53. The number of carbonyl (C=O) groups excluding carboxylic acids is 1. The molecule has 0 N–H and O–H groups in total.